The molecule has 4 heteroatoms. The van der Waals surface area contributed by atoms with Crippen molar-refractivity contribution in [3.05, 3.63) is 53.9 Å². The van der Waals surface area contributed by atoms with Crippen molar-refractivity contribution in [2.75, 3.05) is 6.54 Å². The van der Waals surface area contributed by atoms with Gasteiger partial charge >= 0.3 is 0 Å². The van der Waals surface area contributed by atoms with Crippen molar-refractivity contribution >= 4 is 0 Å². The number of aryl methyl sites for hydroxylation is 1. The van der Waals surface area contributed by atoms with Crippen LogP contribution >= 0.6 is 0 Å². The first-order valence-electron chi connectivity index (χ1n) is 6.76. The first-order valence-corrected chi connectivity index (χ1v) is 6.76. The fraction of sp³-hybridized carbons (Fsp3) is 0.400. The highest BCUT2D eigenvalue weighted by molar-refractivity contribution is 5.16. The summed E-state index contributed by atoms with van der Waals surface area (Å²) in [4.78, 5) is 13.0. The van der Waals surface area contributed by atoms with E-state index >= 15 is 0 Å². The number of pyridine rings is 1. The average Bonchev–Trinajstić information content (AvgIpc) is 2.48. The molecule has 0 spiro atoms. The van der Waals surface area contributed by atoms with E-state index in [0.717, 1.165) is 30.8 Å². The maximum absolute atomic E-state index is 4.51. The number of hydrogen-bond acceptors (Lipinski definition) is 4. The molecule has 100 valence electrons. The summed E-state index contributed by atoms with van der Waals surface area (Å²) in [6.45, 7) is 5.13. The molecule has 0 saturated carbocycles. The average molecular weight is 256 g/mol. The Hall–Kier alpha value is -1.81. The smallest absolute Gasteiger partial charge is 0.0760 e. The van der Waals surface area contributed by atoms with Crippen molar-refractivity contribution in [1.82, 2.24) is 20.3 Å². The lowest BCUT2D eigenvalue weighted by atomic mass is 10.1. The van der Waals surface area contributed by atoms with Crippen molar-refractivity contribution in [1.29, 1.82) is 0 Å². The molecule has 0 saturated heterocycles. The zero-order valence-electron chi connectivity index (χ0n) is 11.5. The van der Waals surface area contributed by atoms with Gasteiger partial charge in [0.1, 0.15) is 0 Å². The summed E-state index contributed by atoms with van der Waals surface area (Å²) in [5.74, 6) is 0. The van der Waals surface area contributed by atoms with Gasteiger partial charge in [0.05, 0.1) is 11.7 Å². The van der Waals surface area contributed by atoms with Gasteiger partial charge in [-0.3, -0.25) is 15.0 Å². The Morgan fingerprint density at radius 2 is 2.00 bits per heavy atom. The molecule has 2 aromatic heterocycles. The van der Waals surface area contributed by atoms with Gasteiger partial charge < -0.3 is 5.32 Å². The van der Waals surface area contributed by atoms with Gasteiger partial charge in [-0.05, 0) is 24.6 Å². The van der Waals surface area contributed by atoms with Gasteiger partial charge in [0.25, 0.3) is 0 Å². The molecule has 0 fully saturated rings. The van der Waals surface area contributed by atoms with Crippen LogP contribution in [0.4, 0.5) is 0 Å². The summed E-state index contributed by atoms with van der Waals surface area (Å²) in [6.07, 6.45) is 9.04. The quantitative estimate of drug-likeness (QED) is 0.861. The molecule has 0 aliphatic carbocycles. The molecule has 2 aromatic rings. The van der Waals surface area contributed by atoms with E-state index in [1.54, 1.807) is 12.4 Å². The first-order chi connectivity index (χ1) is 9.33. The summed E-state index contributed by atoms with van der Waals surface area (Å²) in [5.41, 5.74) is 3.31. The van der Waals surface area contributed by atoms with Crippen LogP contribution in [-0.2, 0) is 12.8 Å². The van der Waals surface area contributed by atoms with E-state index in [9.17, 15) is 0 Å². The Morgan fingerprint density at radius 3 is 2.58 bits per heavy atom. The highest BCUT2D eigenvalue weighted by atomic mass is 14.9. The molecule has 2 heterocycles. The number of nitrogens with zero attached hydrogens (tertiary/aromatic N) is 3. The van der Waals surface area contributed by atoms with E-state index in [1.165, 1.54) is 5.56 Å². The van der Waals surface area contributed by atoms with Gasteiger partial charge in [-0.1, -0.05) is 19.9 Å². The van der Waals surface area contributed by atoms with Crippen molar-refractivity contribution in [3.8, 4) is 0 Å². The zero-order valence-corrected chi connectivity index (χ0v) is 11.5. The fourth-order valence-electron chi connectivity index (χ4n) is 2.01. The Labute approximate surface area is 114 Å². The summed E-state index contributed by atoms with van der Waals surface area (Å²) >= 11 is 0. The molecule has 0 bridgehead atoms. The number of likely N-dealkylation sites (N-methyl/N-ethyl adjacent to an activating group) is 1. The summed E-state index contributed by atoms with van der Waals surface area (Å²) in [7, 11) is 0. The topological polar surface area (TPSA) is 50.7 Å². The second kappa shape index (κ2) is 6.95. The molecule has 0 amide bonds. The monoisotopic (exact) mass is 256 g/mol. The molecule has 0 aromatic carbocycles. The molecular formula is C15H20N4. The van der Waals surface area contributed by atoms with Crippen LogP contribution in [0, 0.1) is 0 Å². The second-order valence-electron chi connectivity index (χ2n) is 4.46. The Kier molecular flexibility index (Phi) is 4.98. The lowest BCUT2D eigenvalue weighted by Crippen LogP contribution is -2.24. The van der Waals surface area contributed by atoms with Crippen molar-refractivity contribution in [3.63, 3.8) is 0 Å². The third-order valence-electron chi connectivity index (χ3n) is 3.10. The number of hydrogen-bond donors (Lipinski definition) is 1. The van der Waals surface area contributed by atoms with E-state index in [0.29, 0.717) is 0 Å². The molecule has 1 unspecified atom stereocenters. The van der Waals surface area contributed by atoms with Crippen LogP contribution in [-0.4, -0.2) is 21.5 Å². The lowest BCUT2D eigenvalue weighted by Gasteiger charge is -2.16. The van der Waals surface area contributed by atoms with Crippen LogP contribution < -0.4 is 5.32 Å². The molecule has 0 aliphatic rings. The van der Waals surface area contributed by atoms with Crippen molar-refractivity contribution in [2.45, 2.75) is 32.7 Å². The van der Waals surface area contributed by atoms with E-state index in [1.807, 2.05) is 12.4 Å². The highest BCUT2D eigenvalue weighted by Gasteiger charge is 2.13. The maximum Gasteiger partial charge on any atom is 0.0760 e. The van der Waals surface area contributed by atoms with Gasteiger partial charge in [-0.15, -0.1) is 0 Å². The standard InChI is InChI=1S/C15H20N4/c1-3-12-5-6-13(19-10-12)9-14(17-4-2)15-11-16-7-8-18-15/h5-8,10-11,14,17H,3-4,9H2,1-2H3. The van der Waals surface area contributed by atoms with E-state index in [4.69, 9.17) is 0 Å². The SMILES string of the molecule is CCNC(Cc1ccc(CC)cn1)c1cnccn1. The lowest BCUT2D eigenvalue weighted by molar-refractivity contribution is 0.529. The van der Waals surface area contributed by atoms with Gasteiger partial charge in [-0.2, -0.15) is 0 Å². The largest absolute Gasteiger partial charge is 0.309 e. The summed E-state index contributed by atoms with van der Waals surface area (Å²) in [5, 5.41) is 3.43. The normalized spacial score (nSPS) is 12.3. The van der Waals surface area contributed by atoms with Crippen molar-refractivity contribution < 1.29 is 0 Å². The van der Waals surface area contributed by atoms with Crippen LogP contribution in [0.5, 0.6) is 0 Å². The van der Waals surface area contributed by atoms with Crippen molar-refractivity contribution in [2.24, 2.45) is 0 Å². The highest BCUT2D eigenvalue weighted by Crippen LogP contribution is 2.14. The first kappa shape index (κ1) is 13.6. The molecule has 0 radical (unpaired) electrons. The Morgan fingerprint density at radius 1 is 1.11 bits per heavy atom. The molecule has 1 N–H and O–H groups in total. The molecule has 2 rings (SSSR count). The van der Waals surface area contributed by atoms with Gasteiger partial charge in [0.15, 0.2) is 0 Å². The van der Waals surface area contributed by atoms with Crippen LogP contribution in [0.2, 0.25) is 0 Å². The van der Waals surface area contributed by atoms with E-state index in [-0.39, 0.29) is 6.04 Å². The number of aromatic nitrogens is 3. The molecule has 0 aliphatic heterocycles. The molecule has 4 nitrogen and oxygen atoms in total. The minimum Gasteiger partial charge on any atom is -0.309 e. The zero-order chi connectivity index (χ0) is 13.5. The predicted molar refractivity (Wildman–Crippen MR) is 75.8 cm³/mol. The van der Waals surface area contributed by atoms with Crippen LogP contribution in [0.15, 0.2) is 36.9 Å². The summed E-state index contributed by atoms with van der Waals surface area (Å²) < 4.78 is 0. The number of nitrogens with one attached hydrogen (secondary N) is 1. The second-order valence-corrected chi connectivity index (χ2v) is 4.46. The van der Waals surface area contributed by atoms with Crippen LogP contribution in [0.3, 0.4) is 0 Å². The van der Waals surface area contributed by atoms with Gasteiger partial charge in [0, 0.05) is 36.9 Å². The fourth-order valence-corrected chi connectivity index (χ4v) is 2.01. The van der Waals surface area contributed by atoms with E-state index < -0.39 is 0 Å². The van der Waals surface area contributed by atoms with Crippen LogP contribution in [0.25, 0.3) is 0 Å². The van der Waals surface area contributed by atoms with Crippen LogP contribution in [0.1, 0.15) is 36.8 Å². The van der Waals surface area contributed by atoms with Gasteiger partial charge in [0.2, 0.25) is 0 Å². The molecular weight excluding hydrogens is 236 g/mol. The minimum absolute atomic E-state index is 0.165. The Balaban J connectivity index is 2.11. The third kappa shape index (κ3) is 3.83. The summed E-state index contributed by atoms with van der Waals surface area (Å²) in [6, 6.07) is 4.40. The van der Waals surface area contributed by atoms with Gasteiger partial charge in [-0.25, -0.2) is 0 Å². The Bertz CT molecular complexity index is 481. The minimum atomic E-state index is 0.165. The predicted octanol–water partition coefficient (Wildman–Crippen LogP) is 2.33. The van der Waals surface area contributed by atoms with E-state index in [2.05, 4.69) is 46.2 Å². The molecule has 1 atom stereocenters. The third-order valence-corrected chi connectivity index (χ3v) is 3.10. The maximum atomic E-state index is 4.51. The molecule has 19 heavy (non-hydrogen) atoms. The number of rotatable bonds is 6.